The number of fused-ring (bicyclic) bond motifs is 1. The van der Waals surface area contributed by atoms with E-state index in [-0.39, 0.29) is 6.04 Å². The molecule has 3 unspecified atom stereocenters. The maximum atomic E-state index is 5.92. The fourth-order valence-corrected chi connectivity index (χ4v) is 3.22. The molecule has 2 aliphatic rings. The Morgan fingerprint density at radius 3 is 2.85 bits per heavy atom. The van der Waals surface area contributed by atoms with E-state index in [1.54, 1.807) is 0 Å². The second kappa shape index (κ2) is 5.92. The van der Waals surface area contributed by atoms with Gasteiger partial charge < -0.3 is 20.5 Å². The number of hydrogen-bond acceptors (Lipinski definition) is 4. The van der Waals surface area contributed by atoms with E-state index in [4.69, 9.17) is 15.2 Å². The summed E-state index contributed by atoms with van der Waals surface area (Å²) in [6, 6.07) is 4.28. The van der Waals surface area contributed by atoms with Gasteiger partial charge in [0.2, 0.25) is 0 Å². The molecular formula is C15H21BrN2O2. The molecule has 110 valence electrons. The first-order valence-electron chi connectivity index (χ1n) is 7.21. The molecule has 3 rings (SSSR count). The highest BCUT2D eigenvalue weighted by atomic mass is 79.9. The smallest absolute Gasteiger partial charge is 0.175 e. The van der Waals surface area contributed by atoms with Gasteiger partial charge in [0.1, 0.15) is 13.2 Å². The van der Waals surface area contributed by atoms with Crippen molar-refractivity contribution in [2.45, 2.75) is 19.4 Å². The van der Waals surface area contributed by atoms with E-state index in [2.05, 4.69) is 34.2 Å². The van der Waals surface area contributed by atoms with Crippen LogP contribution in [0.25, 0.3) is 0 Å². The zero-order valence-corrected chi connectivity index (χ0v) is 13.3. The van der Waals surface area contributed by atoms with Crippen LogP contribution >= 0.6 is 15.9 Å². The first-order valence-corrected chi connectivity index (χ1v) is 8.01. The van der Waals surface area contributed by atoms with Gasteiger partial charge in [0.05, 0.1) is 4.47 Å². The van der Waals surface area contributed by atoms with Crippen molar-refractivity contribution in [2.75, 3.05) is 26.3 Å². The van der Waals surface area contributed by atoms with E-state index in [0.717, 1.165) is 39.9 Å². The fourth-order valence-electron chi connectivity index (χ4n) is 2.65. The van der Waals surface area contributed by atoms with Gasteiger partial charge in [-0.05, 0) is 58.4 Å². The monoisotopic (exact) mass is 340 g/mol. The second-order valence-electron chi connectivity index (χ2n) is 5.70. The normalized spacial score (nSPS) is 25.4. The topological polar surface area (TPSA) is 56.5 Å². The van der Waals surface area contributed by atoms with Gasteiger partial charge in [0, 0.05) is 12.6 Å². The van der Waals surface area contributed by atoms with Gasteiger partial charge >= 0.3 is 0 Å². The number of halogens is 1. The van der Waals surface area contributed by atoms with Crippen molar-refractivity contribution in [2.24, 2.45) is 17.6 Å². The molecule has 1 aromatic rings. The van der Waals surface area contributed by atoms with Crippen LogP contribution in [0, 0.1) is 11.8 Å². The zero-order chi connectivity index (χ0) is 14.1. The Kier molecular flexibility index (Phi) is 4.19. The van der Waals surface area contributed by atoms with Crippen LogP contribution in [0.3, 0.4) is 0 Å². The molecule has 0 radical (unpaired) electrons. The van der Waals surface area contributed by atoms with E-state index in [1.807, 2.05) is 6.07 Å². The summed E-state index contributed by atoms with van der Waals surface area (Å²) < 4.78 is 12.2. The third kappa shape index (κ3) is 2.95. The number of nitrogens with two attached hydrogens (primary N) is 1. The van der Waals surface area contributed by atoms with Crippen molar-refractivity contribution < 1.29 is 9.47 Å². The van der Waals surface area contributed by atoms with Crippen molar-refractivity contribution in [1.82, 2.24) is 5.32 Å². The van der Waals surface area contributed by atoms with Gasteiger partial charge in [-0.15, -0.1) is 0 Å². The van der Waals surface area contributed by atoms with Crippen molar-refractivity contribution in [3.63, 3.8) is 0 Å². The summed E-state index contributed by atoms with van der Waals surface area (Å²) in [6.45, 7) is 5.11. The average molecular weight is 341 g/mol. The number of hydrogen-bond donors (Lipinski definition) is 2. The first-order chi connectivity index (χ1) is 9.69. The van der Waals surface area contributed by atoms with Crippen LogP contribution in [-0.4, -0.2) is 26.3 Å². The Morgan fingerprint density at radius 2 is 2.15 bits per heavy atom. The van der Waals surface area contributed by atoms with Crippen LogP contribution < -0.4 is 20.5 Å². The van der Waals surface area contributed by atoms with E-state index >= 15 is 0 Å². The molecular weight excluding hydrogens is 320 g/mol. The fraction of sp³-hybridized carbons (Fsp3) is 0.600. The van der Waals surface area contributed by atoms with Crippen molar-refractivity contribution in [1.29, 1.82) is 0 Å². The predicted octanol–water partition coefficient (Wildman–Crippen LogP) is 2.47. The zero-order valence-electron chi connectivity index (χ0n) is 11.7. The Bertz CT molecular complexity index is 495. The van der Waals surface area contributed by atoms with Crippen LogP contribution in [-0.2, 0) is 0 Å². The number of nitrogens with one attached hydrogen (secondary N) is 1. The lowest BCUT2D eigenvalue weighted by atomic mass is 10.1. The number of benzene rings is 1. The standard InChI is InChI=1S/C15H21BrN2O2/c1-9-4-11(9)8-18-13(7-17)10-5-12(16)15-14(6-10)19-2-3-20-15/h5-6,9,11,13,18H,2-4,7-8,17H2,1H3. The molecule has 0 aromatic heterocycles. The SMILES string of the molecule is CC1CC1CNC(CN)c1cc(Br)c2c(c1)OCCO2. The maximum Gasteiger partial charge on any atom is 0.175 e. The van der Waals surface area contributed by atoms with Crippen molar-refractivity contribution in [3.8, 4) is 11.5 Å². The molecule has 1 aliphatic carbocycles. The molecule has 1 heterocycles. The van der Waals surface area contributed by atoms with Gasteiger partial charge in [0.15, 0.2) is 11.5 Å². The summed E-state index contributed by atoms with van der Waals surface area (Å²) in [4.78, 5) is 0. The third-order valence-corrected chi connectivity index (χ3v) is 4.75. The highest BCUT2D eigenvalue weighted by Crippen LogP contribution is 2.40. The molecule has 0 bridgehead atoms. The summed E-state index contributed by atoms with van der Waals surface area (Å²) in [5.74, 6) is 3.27. The lowest BCUT2D eigenvalue weighted by Gasteiger charge is -2.23. The molecule has 20 heavy (non-hydrogen) atoms. The molecule has 1 saturated carbocycles. The lowest BCUT2D eigenvalue weighted by molar-refractivity contribution is 0.170. The van der Waals surface area contributed by atoms with Gasteiger partial charge in [0.25, 0.3) is 0 Å². The molecule has 0 saturated heterocycles. The summed E-state index contributed by atoms with van der Waals surface area (Å²) in [7, 11) is 0. The Morgan fingerprint density at radius 1 is 1.40 bits per heavy atom. The molecule has 1 aromatic carbocycles. The van der Waals surface area contributed by atoms with Gasteiger partial charge in [-0.1, -0.05) is 6.92 Å². The lowest BCUT2D eigenvalue weighted by Crippen LogP contribution is -2.30. The van der Waals surface area contributed by atoms with Crippen LogP contribution in [0.2, 0.25) is 0 Å². The minimum Gasteiger partial charge on any atom is -0.486 e. The molecule has 0 spiro atoms. The Labute approximate surface area is 128 Å². The molecule has 3 N–H and O–H groups in total. The largest absolute Gasteiger partial charge is 0.486 e. The highest BCUT2D eigenvalue weighted by molar-refractivity contribution is 9.10. The molecule has 1 fully saturated rings. The third-order valence-electron chi connectivity index (χ3n) is 4.16. The summed E-state index contributed by atoms with van der Waals surface area (Å²) in [5.41, 5.74) is 7.07. The van der Waals surface area contributed by atoms with E-state index in [0.29, 0.717) is 19.8 Å². The average Bonchev–Trinajstić information content (AvgIpc) is 3.15. The maximum absolute atomic E-state index is 5.92. The van der Waals surface area contributed by atoms with Gasteiger partial charge in [-0.3, -0.25) is 0 Å². The molecule has 4 nitrogen and oxygen atoms in total. The minimum atomic E-state index is 0.162. The molecule has 0 amide bonds. The second-order valence-corrected chi connectivity index (χ2v) is 6.55. The van der Waals surface area contributed by atoms with Crippen molar-refractivity contribution >= 4 is 15.9 Å². The summed E-state index contributed by atoms with van der Waals surface area (Å²) in [6.07, 6.45) is 1.33. The highest BCUT2D eigenvalue weighted by Gasteiger charge is 2.32. The van der Waals surface area contributed by atoms with E-state index in [9.17, 15) is 0 Å². The first kappa shape index (κ1) is 14.2. The van der Waals surface area contributed by atoms with Crippen LogP contribution in [0.15, 0.2) is 16.6 Å². The van der Waals surface area contributed by atoms with Crippen molar-refractivity contribution in [3.05, 3.63) is 22.2 Å². The quantitative estimate of drug-likeness (QED) is 0.864. The number of rotatable bonds is 5. The number of ether oxygens (including phenoxy) is 2. The Balaban J connectivity index is 1.75. The Hall–Kier alpha value is -0.780. The van der Waals surface area contributed by atoms with Gasteiger partial charge in [-0.2, -0.15) is 0 Å². The minimum absolute atomic E-state index is 0.162. The molecule has 5 heteroatoms. The molecule has 3 atom stereocenters. The summed E-state index contributed by atoms with van der Waals surface area (Å²) in [5, 5.41) is 3.57. The van der Waals surface area contributed by atoms with E-state index < -0.39 is 0 Å². The van der Waals surface area contributed by atoms with Crippen LogP contribution in [0.1, 0.15) is 24.9 Å². The van der Waals surface area contributed by atoms with Crippen LogP contribution in [0.4, 0.5) is 0 Å². The van der Waals surface area contributed by atoms with Gasteiger partial charge in [-0.25, -0.2) is 0 Å². The molecule has 1 aliphatic heterocycles. The van der Waals surface area contributed by atoms with E-state index in [1.165, 1.54) is 6.42 Å². The summed E-state index contributed by atoms with van der Waals surface area (Å²) >= 11 is 3.56. The predicted molar refractivity (Wildman–Crippen MR) is 82.2 cm³/mol. The van der Waals surface area contributed by atoms with Crippen LogP contribution in [0.5, 0.6) is 11.5 Å².